The molecule has 0 aliphatic rings. The molecule has 0 spiro atoms. The van der Waals surface area contributed by atoms with Gasteiger partial charge in [-0.3, -0.25) is 9.36 Å². The molecule has 61 heavy (non-hydrogen) atoms. The Balaban J connectivity index is 4.26. The molecule has 0 aromatic rings. The minimum absolute atomic E-state index is 0.0133. The van der Waals surface area contributed by atoms with Crippen LogP contribution < -0.4 is 4.89 Å². The third-order valence-corrected chi connectivity index (χ3v) is 10.6. The summed E-state index contributed by atoms with van der Waals surface area (Å²) < 4.78 is 34.6. The molecule has 0 saturated heterocycles. The molecule has 2 atom stereocenters. The lowest BCUT2D eigenvalue weighted by molar-refractivity contribution is -0.870. The highest BCUT2D eigenvalue weighted by Gasteiger charge is 2.20. The summed E-state index contributed by atoms with van der Waals surface area (Å²) in [6, 6.07) is 0. The Morgan fingerprint density at radius 3 is 1.43 bits per heavy atom. The lowest BCUT2D eigenvalue weighted by atomic mass is 10.1. The highest BCUT2D eigenvalue weighted by Crippen LogP contribution is 2.38. The Labute approximate surface area is 375 Å². The molecular formula is C52H90NO7P. The predicted octanol–water partition coefficient (Wildman–Crippen LogP) is 14.0. The highest BCUT2D eigenvalue weighted by molar-refractivity contribution is 7.45. The first-order chi connectivity index (χ1) is 29.6. The molecule has 9 heteroatoms. The molecule has 0 fully saturated rings. The molecule has 350 valence electrons. The van der Waals surface area contributed by atoms with Crippen LogP contribution in [0.25, 0.3) is 0 Å². The fraction of sp³-hybridized carbons (Fsp3) is 0.673. The molecule has 0 amide bonds. The number of quaternary nitrogens is 1. The summed E-state index contributed by atoms with van der Waals surface area (Å²) in [5.74, 6) is -0.360. The van der Waals surface area contributed by atoms with Gasteiger partial charge in [-0.1, -0.05) is 162 Å². The molecule has 0 bridgehead atoms. The first-order valence-electron chi connectivity index (χ1n) is 24.0. The Morgan fingerprint density at radius 2 is 0.951 bits per heavy atom. The van der Waals surface area contributed by atoms with Crippen molar-refractivity contribution in [3.63, 3.8) is 0 Å². The van der Waals surface area contributed by atoms with E-state index in [0.29, 0.717) is 17.6 Å². The minimum Gasteiger partial charge on any atom is -0.756 e. The lowest BCUT2D eigenvalue weighted by Crippen LogP contribution is -2.37. The van der Waals surface area contributed by atoms with Crippen molar-refractivity contribution < 1.29 is 37.3 Å². The zero-order chi connectivity index (χ0) is 44.8. The van der Waals surface area contributed by atoms with Gasteiger partial charge in [0.2, 0.25) is 0 Å². The van der Waals surface area contributed by atoms with Crippen molar-refractivity contribution in [2.45, 2.75) is 174 Å². The van der Waals surface area contributed by atoms with Gasteiger partial charge in [0.1, 0.15) is 19.3 Å². The van der Waals surface area contributed by atoms with Crippen LogP contribution in [0.5, 0.6) is 0 Å². The summed E-state index contributed by atoms with van der Waals surface area (Å²) in [5, 5.41) is 0. The summed E-state index contributed by atoms with van der Waals surface area (Å²) >= 11 is 0. The third-order valence-electron chi connectivity index (χ3n) is 9.62. The molecule has 0 aliphatic heterocycles. The minimum atomic E-state index is -4.54. The normalized spacial score (nSPS) is 14.5. The van der Waals surface area contributed by atoms with Gasteiger partial charge in [0.05, 0.1) is 34.4 Å². The number of likely N-dealkylation sites (N-methyl/N-ethyl adjacent to an activating group) is 1. The number of unbranched alkanes of at least 4 members (excludes halogenated alkanes) is 13. The number of allylic oxidation sites excluding steroid dienone is 16. The number of phosphoric acid groups is 1. The molecule has 0 aromatic heterocycles. The molecule has 0 heterocycles. The fourth-order valence-corrected chi connectivity index (χ4v) is 6.66. The molecule has 8 nitrogen and oxygen atoms in total. The number of phosphoric ester groups is 1. The average molecular weight is 872 g/mol. The maximum atomic E-state index is 12.7. The van der Waals surface area contributed by atoms with E-state index in [2.05, 4.69) is 111 Å². The molecule has 0 radical (unpaired) electrons. The first kappa shape index (κ1) is 58.4. The van der Waals surface area contributed by atoms with Gasteiger partial charge in [0, 0.05) is 13.0 Å². The van der Waals surface area contributed by atoms with Crippen LogP contribution >= 0.6 is 7.82 Å². The van der Waals surface area contributed by atoms with Gasteiger partial charge >= 0.3 is 5.97 Å². The first-order valence-corrected chi connectivity index (χ1v) is 25.4. The van der Waals surface area contributed by atoms with Crippen LogP contribution in [0.2, 0.25) is 0 Å². The molecular weight excluding hydrogens is 782 g/mol. The number of esters is 1. The molecule has 0 aromatic carbocycles. The average Bonchev–Trinajstić information content (AvgIpc) is 3.22. The summed E-state index contributed by atoms with van der Waals surface area (Å²) in [6.07, 6.45) is 60.0. The molecule has 0 aliphatic carbocycles. The van der Waals surface area contributed by atoms with Crippen molar-refractivity contribution >= 4 is 13.8 Å². The number of ether oxygens (including phenoxy) is 2. The second-order valence-electron chi connectivity index (χ2n) is 16.7. The van der Waals surface area contributed by atoms with Crippen LogP contribution in [-0.4, -0.2) is 70.7 Å². The second kappa shape index (κ2) is 44.0. The summed E-state index contributed by atoms with van der Waals surface area (Å²) in [6.45, 7) is 5.18. The van der Waals surface area contributed by atoms with Gasteiger partial charge in [-0.15, -0.1) is 0 Å². The van der Waals surface area contributed by atoms with Crippen molar-refractivity contribution in [2.24, 2.45) is 0 Å². The summed E-state index contributed by atoms with van der Waals surface area (Å²) in [7, 11) is 1.32. The van der Waals surface area contributed by atoms with Crippen molar-refractivity contribution in [1.29, 1.82) is 0 Å². The van der Waals surface area contributed by atoms with Crippen LogP contribution in [-0.2, 0) is 27.9 Å². The van der Waals surface area contributed by atoms with Crippen molar-refractivity contribution in [3.05, 3.63) is 97.2 Å². The SMILES string of the molecule is CC/C=C\C/C=C\C/C=C\C/C=C\C/C=C\C/C=C\CCCCCCCOCC(COP(=O)([O-])OCC[N+](C)(C)C)OC(=O)CCCCCCC/C=C\C/C=C\CCCCC. The van der Waals surface area contributed by atoms with Gasteiger partial charge in [-0.05, 0) is 96.3 Å². The summed E-state index contributed by atoms with van der Waals surface area (Å²) in [5.41, 5.74) is 0. The lowest BCUT2D eigenvalue weighted by Gasteiger charge is -2.28. The monoisotopic (exact) mass is 872 g/mol. The molecule has 0 N–H and O–H groups in total. The maximum Gasteiger partial charge on any atom is 0.306 e. The smallest absolute Gasteiger partial charge is 0.306 e. The molecule has 2 unspecified atom stereocenters. The van der Waals surface area contributed by atoms with E-state index in [1.165, 1.54) is 38.5 Å². The van der Waals surface area contributed by atoms with E-state index in [1.807, 2.05) is 21.1 Å². The van der Waals surface area contributed by atoms with E-state index in [-0.39, 0.29) is 32.2 Å². The van der Waals surface area contributed by atoms with Crippen LogP contribution in [0.4, 0.5) is 0 Å². The quantitative estimate of drug-likeness (QED) is 0.0198. The molecule has 0 saturated carbocycles. The van der Waals surface area contributed by atoms with Crippen LogP contribution in [0.3, 0.4) is 0 Å². The Kier molecular flexibility index (Phi) is 42.2. The van der Waals surface area contributed by atoms with E-state index >= 15 is 0 Å². The van der Waals surface area contributed by atoms with Crippen molar-refractivity contribution in [3.8, 4) is 0 Å². The van der Waals surface area contributed by atoms with Gasteiger partial charge < -0.3 is 27.9 Å². The van der Waals surface area contributed by atoms with Crippen LogP contribution in [0, 0.1) is 0 Å². The van der Waals surface area contributed by atoms with Crippen LogP contribution in [0.15, 0.2) is 97.2 Å². The number of carbonyl (C=O) groups excluding carboxylic acids is 1. The Hall–Kier alpha value is -2.58. The number of hydrogen-bond acceptors (Lipinski definition) is 7. The fourth-order valence-electron chi connectivity index (χ4n) is 5.93. The van der Waals surface area contributed by atoms with Gasteiger partial charge in [-0.25, -0.2) is 0 Å². The predicted molar refractivity (Wildman–Crippen MR) is 258 cm³/mol. The Bertz CT molecular complexity index is 1290. The van der Waals surface area contributed by atoms with E-state index in [4.69, 9.17) is 18.5 Å². The van der Waals surface area contributed by atoms with Crippen molar-refractivity contribution in [2.75, 3.05) is 54.1 Å². The highest BCUT2D eigenvalue weighted by atomic mass is 31.2. The zero-order valence-corrected chi connectivity index (χ0v) is 40.5. The topological polar surface area (TPSA) is 94.1 Å². The van der Waals surface area contributed by atoms with Crippen LogP contribution in [0.1, 0.15) is 168 Å². The molecule has 0 rings (SSSR count). The third kappa shape index (κ3) is 48.3. The Morgan fingerprint density at radius 1 is 0.525 bits per heavy atom. The number of hydrogen-bond donors (Lipinski definition) is 0. The zero-order valence-electron chi connectivity index (χ0n) is 39.6. The largest absolute Gasteiger partial charge is 0.756 e. The maximum absolute atomic E-state index is 12.7. The van der Waals surface area contributed by atoms with Gasteiger partial charge in [0.25, 0.3) is 7.82 Å². The second-order valence-corrected chi connectivity index (χ2v) is 18.1. The van der Waals surface area contributed by atoms with Gasteiger partial charge in [0.15, 0.2) is 0 Å². The standard InChI is InChI=1S/C52H90NO7P/c1-6-8-10-12-14-16-18-20-22-23-24-25-26-27-28-29-30-32-34-36-38-40-42-44-47-57-49-51(50-59-61(55,56)58-48-46-53(3,4)5)60-52(54)45-43-41-39-37-35-33-31-21-19-17-15-13-11-9-7-2/h8,10,14-17,20-22,24-25,27-28,30-32,51H,6-7,9,11-13,18-19,23,26,29,33-50H2,1-5H3/b10-8-,16-14-,17-15-,22-20-,25-24-,28-27-,31-21-,32-30-. The number of rotatable bonds is 43. The van der Waals surface area contributed by atoms with E-state index in [0.717, 1.165) is 109 Å². The van der Waals surface area contributed by atoms with E-state index < -0.39 is 13.9 Å². The number of nitrogens with zero attached hydrogens (tertiary/aromatic N) is 1. The van der Waals surface area contributed by atoms with E-state index in [1.54, 1.807) is 0 Å². The van der Waals surface area contributed by atoms with Crippen molar-refractivity contribution in [1.82, 2.24) is 0 Å². The summed E-state index contributed by atoms with van der Waals surface area (Å²) in [4.78, 5) is 25.1. The van der Waals surface area contributed by atoms with E-state index in [9.17, 15) is 14.3 Å². The van der Waals surface area contributed by atoms with Gasteiger partial charge in [-0.2, -0.15) is 0 Å². The number of carbonyl (C=O) groups is 1.